The van der Waals surface area contributed by atoms with Gasteiger partial charge in [-0.1, -0.05) is 89.7 Å². The molecule has 166 valence electrons. The Morgan fingerprint density at radius 2 is 1.43 bits per heavy atom. The number of rotatable bonds is 17. The molecule has 0 saturated carbocycles. The van der Waals surface area contributed by atoms with Crippen LogP contribution in [0.15, 0.2) is 12.2 Å². The molecule has 0 spiro atoms. The second-order valence-electron chi connectivity index (χ2n) is 8.06. The van der Waals surface area contributed by atoms with Gasteiger partial charge in [0.2, 0.25) is 0 Å². The summed E-state index contributed by atoms with van der Waals surface area (Å²) in [5.74, 6) is 0. The van der Waals surface area contributed by atoms with Crippen LogP contribution in [0.4, 0.5) is 0 Å². The molecule has 0 bridgehead atoms. The Bertz CT molecular complexity index is 372. The number of allylic oxidation sites excluding steroid dienone is 1. The average Bonchev–Trinajstić information content (AvgIpc) is 2.70. The number of hydrogen-bond acceptors (Lipinski definition) is 5. The number of hydrogen-bond donors (Lipinski definition) is 3. The molecule has 0 aromatic rings. The van der Waals surface area contributed by atoms with Gasteiger partial charge < -0.3 is 24.8 Å². The molecule has 1 rings (SSSR count). The van der Waals surface area contributed by atoms with Crippen LogP contribution in [0, 0.1) is 0 Å². The van der Waals surface area contributed by atoms with Crippen LogP contribution in [-0.4, -0.2) is 59.6 Å². The van der Waals surface area contributed by atoms with Crippen molar-refractivity contribution in [1.29, 1.82) is 0 Å². The van der Waals surface area contributed by atoms with Crippen molar-refractivity contribution in [2.45, 2.75) is 115 Å². The van der Waals surface area contributed by atoms with E-state index in [4.69, 9.17) is 9.47 Å². The molecule has 0 aromatic carbocycles. The van der Waals surface area contributed by atoms with E-state index in [1.165, 1.54) is 77.0 Å². The lowest BCUT2D eigenvalue weighted by molar-refractivity contribution is -0.208. The molecule has 5 nitrogen and oxygen atoms in total. The zero-order chi connectivity index (χ0) is 20.5. The molecule has 3 N–H and O–H groups in total. The molecule has 0 unspecified atom stereocenters. The normalized spacial score (nSPS) is 25.6. The van der Waals surface area contributed by atoms with E-state index < -0.39 is 24.4 Å². The summed E-state index contributed by atoms with van der Waals surface area (Å²) in [6, 6.07) is 0. The molecule has 1 fully saturated rings. The van der Waals surface area contributed by atoms with Crippen LogP contribution in [0.2, 0.25) is 0 Å². The van der Waals surface area contributed by atoms with Gasteiger partial charge in [-0.2, -0.15) is 0 Å². The van der Waals surface area contributed by atoms with Gasteiger partial charge in [0.1, 0.15) is 24.4 Å². The number of unbranched alkanes of at least 4 members (excludes halogenated alkanes) is 12. The van der Waals surface area contributed by atoms with Crippen LogP contribution in [0.3, 0.4) is 0 Å². The van der Waals surface area contributed by atoms with E-state index >= 15 is 0 Å². The quantitative estimate of drug-likeness (QED) is 0.253. The standard InChI is InChI=1S/C23H44O5/c1-2-3-4-5-6-7-8-9-10-11-12-13-14-15-16-17-27-23-21(18-24)28-19-20(25)22(23)26/h15-16,20-26H,2-14,17-19H2,1H3/b16-15+/t20-,21+,22+,23+/m0/s1. The van der Waals surface area contributed by atoms with Crippen LogP contribution in [0.1, 0.15) is 90.4 Å². The van der Waals surface area contributed by atoms with Crippen molar-refractivity contribution in [1.82, 2.24) is 0 Å². The second-order valence-corrected chi connectivity index (χ2v) is 8.06. The molecular weight excluding hydrogens is 356 g/mol. The first-order chi connectivity index (χ1) is 13.7. The third-order valence-corrected chi connectivity index (χ3v) is 5.53. The molecule has 28 heavy (non-hydrogen) atoms. The summed E-state index contributed by atoms with van der Waals surface area (Å²) in [5, 5.41) is 28.9. The molecule has 1 aliphatic rings. The van der Waals surface area contributed by atoms with Gasteiger partial charge in [-0.15, -0.1) is 0 Å². The van der Waals surface area contributed by atoms with E-state index in [0.717, 1.165) is 6.42 Å². The summed E-state index contributed by atoms with van der Waals surface area (Å²) in [7, 11) is 0. The predicted molar refractivity (Wildman–Crippen MR) is 113 cm³/mol. The van der Waals surface area contributed by atoms with Crippen LogP contribution in [0.25, 0.3) is 0 Å². The van der Waals surface area contributed by atoms with Gasteiger partial charge in [0.05, 0.1) is 19.8 Å². The molecule has 4 atom stereocenters. The van der Waals surface area contributed by atoms with Crippen LogP contribution in [-0.2, 0) is 9.47 Å². The minimum Gasteiger partial charge on any atom is -0.394 e. The summed E-state index contributed by atoms with van der Waals surface area (Å²) in [5.41, 5.74) is 0. The van der Waals surface area contributed by atoms with E-state index in [2.05, 4.69) is 13.0 Å². The van der Waals surface area contributed by atoms with E-state index in [9.17, 15) is 15.3 Å². The van der Waals surface area contributed by atoms with Gasteiger partial charge in [-0.3, -0.25) is 0 Å². The van der Waals surface area contributed by atoms with Crippen LogP contribution >= 0.6 is 0 Å². The summed E-state index contributed by atoms with van der Waals surface area (Å²) < 4.78 is 10.9. The maximum Gasteiger partial charge on any atom is 0.115 e. The molecule has 0 aliphatic carbocycles. The maximum absolute atomic E-state index is 9.97. The van der Waals surface area contributed by atoms with Crippen molar-refractivity contribution in [2.24, 2.45) is 0 Å². The first kappa shape index (κ1) is 25.6. The average molecular weight is 401 g/mol. The number of aliphatic hydroxyl groups excluding tert-OH is 3. The number of aliphatic hydroxyl groups is 3. The van der Waals surface area contributed by atoms with E-state index in [1.54, 1.807) is 0 Å². The van der Waals surface area contributed by atoms with E-state index in [1.807, 2.05) is 6.08 Å². The zero-order valence-electron chi connectivity index (χ0n) is 17.9. The summed E-state index contributed by atoms with van der Waals surface area (Å²) in [6.45, 7) is 2.42. The Morgan fingerprint density at radius 1 is 0.857 bits per heavy atom. The number of ether oxygens (including phenoxy) is 2. The zero-order valence-corrected chi connectivity index (χ0v) is 17.9. The fourth-order valence-electron chi connectivity index (χ4n) is 3.67. The Kier molecular flexibility index (Phi) is 15.9. The Balaban J connectivity index is 1.91. The van der Waals surface area contributed by atoms with Crippen LogP contribution < -0.4 is 0 Å². The molecular formula is C23H44O5. The lowest BCUT2D eigenvalue weighted by Crippen LogP contribution is -2.55. The largest absolute Gasteiger partial charge is 0.394 e. The van der Waals surface area contributed by atoms with Crippen molar-refractivity contribution >= 4 is 0 Å². The lowest BCUT2D eigenvalue weighted by Gasteiger charge is -2.37. The molecule has 1 heterocycles. The molecule has 0 aromatic heterocycles. The van der Waals surface area contributed by atoms with Crippen molar-refractivity contribution < 1.29 is 24.8 Å². The SMILES string of the molecule is CCCCCCCCCCCCCC/C=C/CO[C@H]1[C@H](O)[C@@H](O)CO[C@@H]1CO. The maximum atomic E-state index is 9.97. The van der Waals surface area contributed by atoms with Crippen molar-refractivity contribution in [3.05, 3.63) is 12.2 Å². The highest BCUT2D eigenvalue weighted by Crippen LogP contribution is 2.18. The molecule has 1 saturated heterocycles. The van der Waals surface area contributed by atoms with Gasteiger partial charge in [-0.25, -0.2) is 0 Å². The molecule has 0 radical (unpaired) electrons. The highest BCUT2D eigenvalue weighted by atomic mass is 16.6. The smallest absolute Gasteiger partial charge is 0.115 e. The highest BCUT2D eigenvalue weighted by Gasteiger charge is 2.38. The topological polar surface area (TPSA) is 79.2 Å². The van der Waals surface area contributed by atoms with E-state index in [0.29, 0.717) is 6.61 Å². The highest BCUT2D eigenvalue weighted by molar-refractivity contribution is 4.89. The lowest BCUT2D eigenvalue weighted by atomic mass is 10.0. The van der Waals surface area contributed by atoms with Crippen molar-refractivity contribution in [2.75, 3.05) is 19.8 Å². The fraction of sp³-hybridized carbons (Fsp3) is 0.913. The predicted octanol–water partition coefficient (Wildman–Crippen LogP) is 4.13. The Morgan fingerprint density at radius 3 is 2.00 bits per heavy atom. The van der Waals surface area contributed by atoms with Gasteiger partial charge >= 0.3 is 0 Å². The van der Waals surface area contributed by atoms with Gasteiger partial charge in [0.25, 0.3) is 0 Å². The second kappa shape index (κ2) is 17.4. The summed E-state index contributed by atoms with van der Waals surface area (Å²) in [4.78, 5) is 0. The Labute approximate surface area is 172 Å². The third kappa shape index (κ3) is 11.5. The first-order valence-corrected chi connectivity index (χ1v) is 11.6. The minimum absolute atomic E-state index is 0.0288. The first-order valence-electron chi connectivity index (χ1n) is 11.6. The van der Waals surface area contributed by atoms with Gasteiger partial charge in [0, 0.05) is 0 Å². The molecule has 0 amide bonds. The van der Waals surface area contributed by atoms with Gasteiger partial charge in [0.15, 0.2) is 0 Å². The minimum atomic E-state index is -1.02. The fourth-order valence-corrected chi connectivity index (χ4v) is 3.67. The van der Waals surface area contributed by atoms with E-state index in [-0.39, 0.29) is 13.2 Å². The monoisotopic (exact) mass is 400 g/mol. The van der Waals surface area contributed by atoms with Gasteiger partial charge in [-0.05, 0) is 12.8 Å². The summed E-state index contributed by atoms with van der Waals surface area (Å²) >= 11 is 0. The van der Waals surface area contributed by atoms with Crippen molar-refractivity contribution in [3.8, 4) is 0 Å². The Hall–Kier alpha value is -0.460. The van der Waals surface area contributed by atoms with Crippen molar-refractivity contribution in [3.63, 3.8) is 0 Å². The molecule has 1 aliphatic heterocycles. The summed E-state index contributed by atoms with van der Waals surface area (Å²) in [6.07, 6.45) is 18.1. The molecule has 5 heteroatoms. The third-order valence-electron chi connectivity index (χ3n) is 5.53. The van der Waals surface area contributed by atoms with Crippen LogP contribution in [0.5, 0.6) is 0 Å².